The number of aromatic nitrogens is 1. The lowest BCUT2D eigenvalue weighted by Crippen LogP contribution is -2.17. The van der Waals surface area contributed by atoms with Gasteiger partial charge in [-0.3, -0.25) is 9.59 Å². The summed E-state index contributed by atoms with van der Waals surface area (Å²) >= 11 is 11.6. The zero-order chi connectivity index (χ0) is 16.8. The van der Waals surface area contributed by atoms with Gasteiger partial charge in [0, 0.05) is 24.7 Å². The Balaban J connectivity index is 2.08. The minimum absolute atomic E-state index is 0.0501. The van der Waals surface area contributed by atoms with Gasteiger partial charge in [-0.15, -0.1) is 0 Å². The van der Waals surface area contributed by atoms with Crippen molar-refractivity contribution < 1.29 is 14.3 Å². The fourth-order valence-corrected chi connectivity index (χ4v) is 2.02. The maximum Gasteiger partial charge on any atom is 0.257 e. The van der Waals surface area contributed by atoms with Gasteiger partial charge < -0.3 is 15.4 Å². The minimum atomic E-state index is -0.392. The lowest BCUT2D eigenvalue weighted by molar-refractivity contribution is -0.119. The highest BCUT2D eigenvalue weighted by Gasteiger charge is 2.10. The number of anilines is 2. The molecule has 8 heteroatoms. The van der Waals surface area contributed by atoms with Crippen LogP contribution in [0.3, 0.4) is 0 Å². The summed E-state index contributed by atoms with van der Waals surface area (Å²) in [5.41, 5.74) is 1.32. The second-order valence-electron chi connectivity index (χ2n) is 4.51. The standard InChI is InChI=1S/C15H13Cl2N3O3/c1-23-8-13(21)19-10-3-2-4-11(6-10)20-15(22)9-5-12(16)14(17)18-7-9/h2-7H,8H2,1H3,(H,19,21)(H,20,22). The normalized spacial score (nSPS) is 10.2. The van der Waals surface area contributed by atoms with E-state index in [2.05, 4.69) is 15.6 Å². The van der Waals surface area contributed by atoms with Gasteiger partial charge in [0.1, 0.15) is 11.8 Å². The first-order valence-electron chi connectivity index (χ1n) is 6.51. The van der Waals surface area contributed by atoms with Crippen molar-refractivity contribution in [2.24, 2.45) is 0 Å². The molecule has 0 aliphatic rings. The van der Waals surface area contributed by atoms with Crippen molar-refractivity contribution in [2.75, 3.05) is 24.4 Å². The highest BCUT2D eigenvalue weighted by atomic mass is 35.5. The van der Waals surface area contributed by atoms with Crippen molar-refractivity contribution in [3.63, 3.8) is 0 Å². The van der Waals surface area contributed by atoms with Gasteiger partial charge in [0.05, 0.1) is 10.6 Å². The summed E-state index contributed by atoms with van der Waals surface area (Å²) < 4.78 is 4.74. The molecule has 0 atom stereocenters. The number of nitrogens with one attached hydrogen (secondary N) is 2. The molecule has 1 aromatic heterocycles. The van der Waals surface area contributed by atoms with Crippen molar-refractivity contribution in [1.29, 1.82) is 0 Å². The zero-order valence-corrected chi connectivity index (χ0v) is 13.6. The van der Waals surface area contributed by atoms with Crippen LogP contribution in [0.5, 0.6) is 0 Å². The van der Waals surface area contributed by atoms with Gasteiger partial charge >= 0.3 is 0 Å². The number of hydrogen-bond donors (Lipinski definition) is 2. The number of ether oxygens (including phenoxy) is 1. The monoisotopic (exact) mass is 353 g/mol. The number of rotatable bonds is 5. The van der Waals surface area contributed by atoms with Crippen LogP contribution in [0.2, 0.25) is 10.2 Å². The van der Waals surface area contributed by atoms with E-state index in [1.165, 1.54) is 19.4 Å². The summed E-state index contributed by atoms with van der Waals surface area (Å²) in [5.74, 6) is -0.680. The summed E-state index contributed by atoms with van der Waals surface area (Å²) in [7, 11) is 1.43. The van der Waals surface area contributed by atoms with Crippen LogP contribution in [0.15, 0.2) is 36.5 Å². The molecule has 1 aromatic carbocycles. The summed E-state index contributed by atoms with van der Waals surface area (Å²) in [5, 5.41) is 5.66. The highest BCUT2D eigenvalue weighted by Crippen LogP contribution is 2.21. The molecule has 0 unspecified atom stereocenters. The summed E-state index contributed by atoms with van der Waals surface area (Å²) in [6.07, 6.45) is 1.33. The lowest BCUT2D eigenvalue weighted by atomic mass is 10.2. The molecule has 0 saturated heterocycles. The number of benzene rings is 1. The molecule has 0 bridgehead atoms. The Kier molecular flexibility index (Phi) is 5.92. The van der Waals surface area contributed by atoms with Crippen LogP contribution in [0, 0.1) is 0 Å². The van der Waals surface area contributed by atoms with E-state index in [0.717, 1.165) is 0 Å². The third-order valence-corrected chi connectivity index (χ3v) is 3.42. The van der Waals surface area contributed by atoms with Crippen LogP contribution in [0.1, 0.15) is 10.4 Å². The Bertz CT molecular complexity index is 738. The van der Waals surface area contributed by atoms with Crippen LogP contribution in [0.4, 0.5) is 11.4 Å². The number of methoxy groups -OCH3 is 1. The third kappa shape index (κ3) is 4.92. The molecule has 0 aliphatic heterocycles. The largest absolute Gasteiger partial charge is 0.375 e. The Morgan fingerprint density at radius 3 is 2.52 bits per heavy atom. The quantitative estimate of drug-likeness (QED) is 0.808. The number of amides is 2. The number of carbonyl (C=O) groups excluding carboxylic acids is 2. The van der Waals surface area contributed by atoms with E-state index in [-0.39, 0.29) is 28.3 Å². The number of hydrogen-bond acceptors (Lipinski definition) is 4. The maximum atomic E-state index is 12.2. The van der Waals surface area contributed by atoms with Gasteiger partial charge in [0.25, 0.3) is 5.91 Å². The second-order valence-corrected chi connectivity index (χ2v) is 5.28. The molecule has 0 saturated carbocycles. The van der Waals surface area contributed by atoms with Gasteiger partial charge in [0.15, 0.2) is 0 Å². The smallest absolute Gasteiger partial charge is 0.257 e. The van der Waals surface area contributed by atoms with Crippen molar-refractivity contribution in [1.82, 2.24) is 4.98 Å². The molecule has 1 heterocycles. The average Bonchev–Trinajstić information content (AvgIpc) is 2.50. The molecule has 0 radical (unpaired) electrons. The zero-order valence-electron chi connectivity index (χ0n) is 12.1. The molecule has 2 N–H and O–H groups in total. The number of pyridine rings is 1. The topological polar surface area (TPSA) is 80.3 Å². The van der Waals surface area contributed by atoms with Crippen LogP contribution in [-0.4, -0.2) is 30.5 Å². The Morgan fingerprint density at radius 1 is 1.17 bits per heavy atom. The summed E-state index contributed by atoms with van der Waals surface area (Å²) in [4.78, 5) is 27.5. The van der Waals surface area contributed by atoms with E-state index < -0.39 is 5.91 Å². The first-order chi connectivity index (χ1) is 11.0. The van der Waals surface area contributed by atoms with E-state index in [1.807, 2.05) is 0 Å². The van der Waals surface area contributed by atoms with Crippen molar-refractivity contribution in [3.8, 4) is 0 Å². The molecule has 0 aliphatic carbocycles. The molecule has 120 valence electrons. The molecule has 6 nitrogen and oxygen atoms in total. The van der Waals surface area contributed by atoms with E-state index in [0.29, 0.717) is 11.4 Å². The third-order valence-electron chi connectivity index (χ3n) is 2.74. The summed E-state index contributed by atoms with van der Waals surface area (Å²) in [6, 6.07) is 8.14. The molecule has 2 aromatic rings. The van der Waals surface area contributed by atoms with Crippen molar-refractivity contribution >= 4 is 46.4 Å². The van der Waals surface area contributed by atoms with Gasteiger partial charge in [-0.1, -0.05) is 29.3 Å². The van der Waals surface area contributed by atoms with Gasteiger partial charge in [-0.2, -0.15) is 0 Å². The van der Waals surface area contributed by atoms with Crippen molar-refractivity contribution in [3.05, 3.63) is 52.3 Å². The fourth-order valence-electron chi connectivity index (χ4n) is 1.75. The Labute approximate surface area is 142 Å². The highest BCUT2D eigenvalue weighted by molar-refractivity contribution is 6.41. The Hall–Kier alpha value is -2.15. The maximum absolute atomic E-state index is 12.2. The first kappa shape index (κ1) is 17.2. The second kappa shape index (κ2) is 7.92. The predicted molar refractivity (Wildman–Crippen MR) is 89.2 cm³/mol. The Morgan fingerprint density at radius 2 is 1.87 bits per heavy atom. The molecule has 0 fully saturated rings. The number of carbonyl (C=O) groups is 2. The van der Waals surface area contributed by atoms with Gasteiger partial charge in [0.2, 0.25) is 5.91 Å². The molecule has 23 heavy (non-hydrogen) atoms. The molecule has 0 spiro atoms. The molecular formula is C15H13Cl2N3O3. The predicted octanol–water partition coefficient (Wildman–Crippen LogP) is 3.23. The molecular weight excluding hydrogens is 341 g/mol. The van der Waals surface area contributed by atoms with E-state index in [9.17, 15) is 9.59 Å². The van der Waals surface area contributed by atoms with Gasteiger partial charge in [-0.05, 0) is 24.3 Å². The number of halogens is 2. The number of nitrogens with zero attached hydrogens (tertiary/aromatic N) is 1. The van der Waals surface area contributed by atoms with E-state index >= 15 is 0 Å². The summed E-state index contributed by atoms with van der Waals surface area (Å²) in [6.45, 7) is -0.0501. The lowest BCUT2D eigenvalue weighted by Gasteiger charge is -2.09. The van der Waals surface area contributed by atoms with Crippen LogP contribution in [-0.2, 0) is 9.53 Å². The fraction of sp³-hybridized carbons (Fsp3) is 0.133. The minimum Gasteiger partial charge on any atom is -0.375 e. The van der Waals surface area contributed by atoms with Crippen LogP contribution >= 0.6 is 23.2 Å². The van der Waals surface area contributed by atoms with Gasteiger partial charge in [-0.25, -0.2) is 4.98 Å². The SMILES string of the molecule is COCC(=O)Nc1cccc(NC(=O)c2cnc(Cl)c(Cl)c2)c1. The molecule has 2 amide bonds. The first-order valence-corrected chi connectivity index (χ1v) is 7.26. The van der Waals surface area contributed by atoms with Crippen LogP contribution < -0.4 is 10.6 Å². The van der Waals surface area contributed by atoms with Crippen LogP contribution in [0.25, 0.3) is 0 Å². The molecule has 2 rings (SSSR count). The average molecular weight is 354 g/mol. The van der Waals surface area contributed by atoms with E-state index in [1.54, 1.807) is 24.3 Å². The van der Waals surface area contributed by atoms with E-state index in [4.69, 9.17) is 27.9 Å². The van der Waals surface area contributed by atoms with Crippen molar-refractivity contribution in [2.45, 2.75) is 0 Å².